The fraction of sp³-hybridized carbons (Fsp3) is 0.111. The van der Waals surface area contributed by atoms with Gasteiger partial charge in [0.05, 0.1) is 12.2 Å². The van der Waals surface area contributed by atoms with Crippen molar-refractivity contribution in [2.24, 2.45) is 0 Å². The highest BCUT2D eigenvalue weighted by atomic mass is 35.5. The standard InChI is InChI=1S/C18H12ClF4N/c19-11-5-8-17(16(21)9-11)24-10-18(22,23)14-6-7-15(20)13-4-2-1-3-12(13)14/h1-9,24H,10H2. The first kappa shape index (κ1) is 16.6. The van der Waals surface area contributed by atoms with E-state index in [0.717, 1.165) is 18.2 Å². The summed E-state index contributed by atoms with van der Waals surface area (Å²) in [4.78, 5) is 0. The van der Waals surface area contributed by atoms with Crippen molar-refractivity contribution < 1.29 is 17.6 Å². The lowest BCUT2D eigenvalue weighted by atomic mass is 9.99. The van der Waals surface area contributed by atoms with E-state index >= 15 is 0 Å². The SMILES string of the molecule is Fc1cc(Cl)ccc1NCC(F)(F)c1ccc(F)c2ccccc12. The predicted octanol–water partition coefficient (Wildman–Crippen LogP) is 5.98. The summed E-state index contributed by atoms with van der Waals surface area (Å²) in [5.74, 6) is -4.61. The molecule has 0 spiro atoms. The Balaban J connectivity index is 1.92. The third-order valence-electron chi connectivity index (χ3n) is 3.70. The first-order valence-electron chi connectivity index (χ1n) is 7.13. The first-order chi connectivity index (χ1) is 11.4. The number of alkyl halides is 2. The Bertz CT molecular complexity index is 895. The Kier molecular flexibility index (Phi) is 4.37. The van der Waals surface area contributed by atoms with Crippen LogP contribution < -0.4 is 5.32 Å². The van der Waals surface area contributed by atoms with Crippen molar-refractivity contribution >= 4 is 28.1 Å². The van der Waals surface area contributed by atoms with Crippen LogP contribution in [0.15, 0.2) is 54.6 Å². The average molecular weight is 354 g/mol. The highest BCUT2D eigenvalue weighted by Gasteiger charge is 2.33. The van der Waals surface area contributed by atoms with Crippen LogP contribution in [-0.4, -0.2) is 6.54 Å². The van der Waals surface area contributed by atoms with Crippen molar-refractivity contribution in [3.05, 3.63) is 76.8 Å². The van der Waals surface area contributed by atoms with Crippen LogP contribution in [0.3, 0.4) is 0 Å². The normalized spacial score (nSPS) is 11.7. The third kappa shape index (κ3) is 3.17. The van der Waals surface area contributed by atoms with E-state index in [1.54, 1.807) is 12.1 Å². The van der Waals surface area contributed by atoms with Crippen molar-refractivity contribution in [2.75, 3.05) is 11.9 Å². The van der Waals surface area contributed by atoms with E-state index in [1.165, 1.54) is 24.3 Å². The molecule has 3 aromatic carbocycles. The number of benzene rings is 3. The van der Waals surface area contributed by atoms with Gasteiger partial charge < -0.3 is 5.32 Å². The van der Waals surface area contributed by atoms with Gasteiger partial charge in [-0.25, -0.2) is 8.78 Å². The molecule has 1 N–H and O–H groups in total. The molecule has 0 unspecified atom stereocenters. The Morgan fingerprint density at radius 2 is 1.58 bits per heavy atom. The van der Waals surface area contributed by atoms with E-state index in [2.05, 4.69) is 5.32 Å². The van der Waals surface area contributed by atoms with Crippen molar-refractivity contribution in [3.8, 4) is 0 Å². The van der Waals surface area contributed by atoms with E-state index in [1.807, 2.05) is 0 Å². The Morgan fingerprint density at radius 1 is 0.875 bits per heavy atom. The molecule has 0 aliphatic carbocycles. The second-order valence-electron chi connectivity index (χ2n) is 5.32. The predicted molar refractivity (Wildman–Crippen MR) is 87.7 cm³/mol. The van der Waals surface area contributed by atoms with E-state index in [0.29, 0.717) is 0 Å². The summed E-state index contributed by atoms with van der Waals surface area (Å²) < 4.78 is 56.6. The van der Waals surface area contributed by atoms with E-state index < -0.39 is 24.1 Å². The molecule has 6 heteroatoms. The summed E-state index contributed by atoms with van der Waals surface area (Å²) in [6.07, 6.45) is 0. The molecule has 24 heavy (non-hydrogen) atoms. The summed E-state index contributed by atoms with van der Waals surface area (Å²) in [6.45, 7) is -0.832. The van der Waals surface area contributed by atoms with Crippen LogP contribution in [0.4, 0.5) is 23.2 Å². The maximum Gasteiger partial charge on any atom is 0.290 e. The molecule has 0 radical (unpaired) electrons. The van der Waals surface area contributed by atoms with Gasteiger partial charge in [0.1, 0.15) is 11.6 Å². The molecule has 3 rings (SSSR count). The zero-order valence-electron chi connectivity index (χ0n) is 12.3. The van der Waals surface area contributed by atoms with Crippen molar-refractivity contribution in [1.82, 2.24) is 0 Å². The minimum Gasteiger partial charge on any atom is -0.376 e. The van der Waals surface area contributed by atoms with Gasteiger partial charge in [0.15, 0.2) is 0 Å². The van der Waals surface area contributed by atoms with Gasteiger partial charge in [0, 0.05) is 16.0 Å². The maximum absolute atomic E-state index is 14.6. The van der Waals surface area contributed by atoms with Crippen LogP contribution in [0.25, 0.3) is 10.8 Å². The van der Waals surface area contributed by atoms with Crippen molar-refractivity contribution in [2.45, 2.75) is 5.92 Å². The minimum absolute atomic E-state index is 0.0782. The number of halogens is 5. The van der Waals surface area contributed by atoms with Gasteiger partial charge in [-0.1, -0.05) is 35.9 Å². The monoisotopic (exact) mass is 353 g/mol. The summed E-state index contributed by atoms with van der Waals surface area (Å²) >= 11 is 5.63. The van der Waals surface area contributed by atoms with Gasteiger partial charge in [-0.15, -0.1) is 0 Å². The largest absolute Gasteiger partial charge is 0.376 e. The van der Waals surface area contributed by atoms with Crippen LogP contribution in [0.2, 0.25) is 5.02 Å². The van der Waals surface area contributed by atoms with E-state index in [-0.39, 0.29) is 27.0 Å². The zero-order valence-corrected chi connectivity index (χ0v) is 13.0. The minimum atomic E-state index is -3.32. The molecule has 0 saturated carbocycles. The third-order valence-corrected chi connectivity index (χ3v) is 3.93. The molecule has 124 valence electrons. The van der Waals surface area contributed by atoms with Crippen LogP contribution >= 0.6 is 11.6 Å². The number of hydrogen-bond acceptors (Lipinski definition) is 1. The van der Waals surface area contributed by atoms with Crippen molar-refractivity contribution in [3.63, 3.8) is 0 Å². The summed E-state index contributed by atoms with van der Waals surface area (Å²) in [5.41, 5.74) is -0.396. The topological polar surface area (TPSA) is 12.0 Å². The molecule has 0 heterocycles. The van der Waals surface area contributed by atoms with Crippen LogP contribution in [0, 0.1) is 11.6 Å². The Hall–Kier alpha value is -2.27. The van der Waals surface area contributed by atoms with Crippen molar-refractivity contribution in [1.29, 1.82) is 0 Å². The lowest BCUT2D eigenvalue weighted by Crippen LogP contribution is -2.25. The smallest absolute Gasteiger partial charge is 0.290 e. The highest BCUT2D eigenvalue weighted by molar-refractivity contribution is 6.30. The lowest BCUT2D eigenvalue weighted by molar-refractivity contribution is 0.0121. The number of anilines is 1. The molecule has 0 amide bonds. The van der Waals surface area contributed by atoms with Crippen LogP contribution in [0.5, 0.6) is 0 Å². The highest BCUT2D eigenvalue weighted by Crippen LogP contribution is 2.35. The second-order valence-corrected chi connectivity index (χ2v) is 5.76. The van der Waals surface area contributed by atoms with Gasteiger partial charge in [-0.2, -0.15) is 8.78 Å². The molecule has 0 fully saturated rings. The number of rotatable bonds is 4. The molecule has 0 aliphatic rings. The van der Waals surface area contributed by atoms with Gasteiger partial charge >= 0.3 is 0 Å². The Labute approximate surface area is 140 Å². The molecule has 3 aromatic rings. The van der Waals surface area contributed by atoms with Crippen LogP contribution in [0.1, 0.15) is 5.56 Å². The van der Waals surface area contributed by atoms with Crippen LogP contribution in [-0.2, 0) is 5.92 Å². The second kappa shape index (κ2) is 6.32. The molecular weight excluding hydrogens is 342 g/mol. The number of fused-ring (bicyclic) bond motifs is 1. The van der Waals surface area contributed by atoms with E-state index in [9.17, 15) is 17.6 Å². The summed E-state index contributed by atoms with van der Waals surface area (Å²) in [5, 5.41) is 2.80. The zero-order chi connectivity index (χ0) is 17.3. The molecular formula is C18H12ClF4N. The van der Waals surface area contributed by atoms with E-state index in [4.69, 9.17) is 11.6 Å². The fourth-order valence-electron chi connectivity index (χ4n) is 2.52. The lowest BCUT2D eigenvalue weighted by Gasteiger charge is -2.20. The van der Waals surface area contributed by atoms with Gasteiger partial charge in [-0.05, 0) is 35.7 Å². The molecule has 0 saturated heterocycles. The average Bonchev–Trinajstić information content (AvgIpc) is 2.54. The first-order valence-corrected chi connectivity index (χ1v) is 7.51. The summed E-state index contributed by atoms with van der Waals surface area (Å²) in [6, 6.07) is 11.8. The molecule has 0 aromatic heterocycles. The molecule has 0 bridgehead atoms. The van der Waals surface area contributed by atoms with Gasteiger partial charge in [-0.3, -0.25) is 0 Å². The molecule has 1 nitrogen and oxygen atoms in total. The van der Waals surface area contributed by atoms with Gasteiger partial charge in [0.2, 0.25) is 0 Å². The number of hydrogen-bond donors (Lipinski definition) is 1. The molecule has 0 atom stereocenters. The quantitative estimate of drug-likeness (QED) is 0.569. The fourth-order valence-corrected chi connectivity index (χ4v) is 2.67. The number of nitrogens with one attached hydrogen (secondary N) is 1. The Morgan fingerprint density at radius 3 is 2.29 bits per heavy atom. The maximum atomic E-state index is 14.6. The summed E-state index contributed by atoms with van der Waals surface area (Å²) in [7, 11) is 0. The van der Waals surface area contributed by atoms with Gasteiger partial charge in [0.25, 0.3) is 5.92 Å². The molecule has 0 aliphatic heterocycles.